The number of rotatable bonds is 3. The molecule has 0 saturated carbocycles. The Hall–Kier alpha value is -1.23. The third kappa shape index (κ3) is 2.91. The van der Waals surface area contributed by atoms with Gasteiger partial charge in [-0.15, -0.1) is 0 Å². The van der Waals surface area contributed by atoms with Gasteiger partial charge < -0.3 is 5.73 Å². The van der Waals surface area contributed by atoms with Crippen molar-refractivity contribution in [1.29, 1.82) is 5.26 Å². The lowest BCUT2D eigenvalue weighted by atomic mass is 10.0. The van der Waals surface area contributed by atoms with Crippen LogP contribution in [-0.4, -0.2) is 8.42 Å². The molecule has 0 aromatic heterocycles. The molecule has 8 heteroatoms. The summed E-state index contributed by atoms with van der Waals surface area (Å²) in [6.07, 6.45) is -2.90. The number of hydrogen-bond acceptors (Lipinski definition) is 4. The Kier molecular flexibility index (Phi) is 4.03. The Labute approximate surface area is 101 Å². The standard InChI is InChI=1S/C9H7ClF2N2O2S/c10-17(15,16)8-2-5(9(11)12)1-6(3-13)7(8)4-14/h1-2,9H,4,14H2. The van der Waals surface area contributed by atoms with E-state index in [0.29, 0.717) is 0 Å². The number of benzene rings is 1. The van der Waals surface area contributed by atoms with E-state index in [1.54, 1.807) is 6.07 Å². The van der Waals surface area contributed by atoms with Crippen LogP contribution in [0.4, 0.5) is 8.78 Å². The number of alkyl halides is 2. The van der Waals surface area contributed by atoms with Gasteiger partial charge in [0.25, 0.3) is 15.5 Å². The van der Waals surface area contributed by atoms with Gasteiger partial charge in [0.2, 0.25) is 0 Å². The van der Waals surface area contributed by atoms with Crippen LogP contribution in [0.3, 0.4) is 0 Å². The number of hydrogen-bond donors (Lipinski definition) is 1. The monoisotopic (exact) mass is 280 g/mol. The van der Waals surface area contributed by atoms with E-state index in [4.69, 9.17) is 21.7 Å². The smallest absolute Gasteiger partial charge is 0.263 e. The van der Waals surface area contributed by atoms with Gasteiger partial charge in [-0.3, -0.25) is 0 Å². The van der Waals surface area contributed by atoms with Crippen LogP contribution < -0.4 is 5.73 Å². The Balaban J connectivity index is 3.68. The van der Waals surface area contributed by atoms with Crippen LogP contribution in [0, 0.1) is 11.3 Å². The summed E-state index contributed by atoms with van der Waals surface area (Å²) in [6, 6.07) is 3.25. The fourth-order valence-electron chi connectivity index (χ4n) is 1.32. The normalized spacial score (nSPS) is 11.5. The van der Waals surface area contributed by atoms with Crippen LogP contribution >= 0.6 is 10.7 Å². The molecule has 0 atom stereocenters. The first kappa shape index (κ1) is 13.8. The van der Waals surface area contributed by atoms with Crippen molar-refractivity contribution in [3.8, 4) is 6.07 Å². The van der Waals surface area contributed by atoms with Crippen molar-refractivity contribution in [2.75, 3.05) is 0 Å². The lowest BCUT2D eigenvalue weighted by molar-refractivity contribution is 0.151. The molecule has 17 heavy (non-hydrogen) atoms. The summed E-state index contributed by atoms with van der Waals surface area (Å²) in [6.45, 7) is -0.284. The Morgan fingerprint density at radius 3 is 2.41 bits per heavy atom. The van der Waals surface area contributed by atoms with Crippen LogP contribution in [0.1, 0.15) is 23.1 Å². The van der Waals surface area contributed by atoms with Crippen LogP contribution in [0.25, 0.3) is 0 Å². The van der Waals surface area contributed by atoms with E-state index in [0.717, 1.165) is 12.1 Å². The maximum Gasteiger partial charge on any atom is 0.263 e. The van der Waals surface area contributed by atoms with Crippen molar-refractivity contribution in [3.05, 3.63) is 28.8 Å². The molecule has 1 aromatic carbocycles. The Bertz CT molecular complexity index is 581. The van der Waals surface area contributed by atoms with E-state index in [1.165, 1.54) is 0 Å². The average molecular weight is 281 g/mol. The Morgan fingerprint density at radius 2 is 2.06 bits per heavy atom. The van der Waals surface area contributed by atoms with Crippen LogP contribution in [-0.2, 0) is 15.6 Å². The summed E-state index contributed by atoms with van der Waals surface area (Å²) in [7, 11) is 0.884. The number of nitrogens with zero attached hydrogens (tertiary/aromatic N) is 1. The minimum Gasteiger partial charge on any atom is -0.326 e. The van der Waals surface area contributed by atoms with E-state index in [2.05, 4.69) is 0 Å². The molecular weight excluding hydrogens is 274 g/mol. The molecule has 1 rings (SSSR count). The summed E-state index contributed by atoms with van der Waals surface area (Å²) in [5, 5.41) is 8.76. The van der Waals surface area contributed by atoms with E-state index in [9.17, 15) is 17.2 Å². The largest absolute Gasteiger partial charge is 0.326 e. The summed E-state index contributed by atoms with van der Waals surface area (Å²) >= 11 is 0. The van der Waals surface area contributed by atoms with E-state index >= 15 is 0 Å². The summed E-state index contributed by atoms with van der Waals surface area (Å²) in [5.41, 5.74) is 4.42. The van der Waals surface area contributed by atoms with Gasteiger partial charge in [0.1, 0.15) is 0 Å². The number of nitriles is 1. The Morgan fingerprint density at radius 1 is 1.47 bits per heavy atom. The van der Waals surface area contributed by atoms with Crippen LogP contribution in [0.5, 0.6) is 0 Å². The molecular formula is C9H7ClF2N2O2S. The predicted octanol–water partition coefficient (Wildman–Crippen LogP) is 1.88. The fraction of sp³-hybridized carbons (Fsp3) is 0.222. The molecule has 1 aromatic rings. The highest BCUT2D eigenvalue weighted by Gasteiger charge is 2.22. The molecule has 0 unspecified atom stereocenters. The summed E-state index contributed by atoms with van der Waals surface area (Å²) < 4.78 is 47.4. The molecule has 0 amide bonds. The molecule has 4 nitrogen and oxygen atoms in total. The molecule has 2 N–H and O–H groups in total. The zero-order valence-electron chi connectivity index (χ0n) is 8.32. The van der Waals surface area contributed by atoms with Crippen LogP contribution in [0.15, 0.2) is 17.0 Å². The van der Waals surface area contributed by atoms with Crippen molar-refractivity contribution < 1.29 is 17.2 Å². The lowest BCUT2D eigenvalue weighted by Crippen LogP contribution is -2.08. The fourth-order valence-corrected chi connectivity index (χ4v) is 2.50. The first-order valence-corrected chi connectivity index (χ1v) is 6.62. The molecule has 0 spiro atoms. The number of nitrogens with two attached hydrogens (primary N) is 1. The first-order chi connectivity index (χ1) is 7.81. The predicted molar refractivity (Wildman–Crippen MR) is 57.0 cm³/mol. The van der Waals surface area contributed by atoms with Crippen molar-refractivity contribution in [2.24, 2.45) is 5.73 Å². The maximum atomic E-state index is 12.5. The minimum atomic E-state index is -4.23. The van der Waals surface area contributed by atoms with Gasteiger partial charge in [-0.25, -0.2) is 17.2 Å². The SMILES string of the molecule is N#Cc1cc(C(F)F)cc(S(=O)(=O)Cl)c1CN. The molecule has 0 aliphatic heterocycles. The molecule has 0 heterocycles. The molecule has 92 valence electrons. The van der Waals surface area contributed by atoms with Gasteiger partial charge in [-0.05, 0) is 12.1 Å². The second kappa shape index (κ2) is 4.96. The van der Waals surface area contributed by atoms with Gasteiger partial charge in [-0.1, -0.05) is 0 Å². The summed E-state index contributed by atoms with van der Waals surface area (Å²) in [5.74, 6) is 0. The van der Waals surface area contributed by atoms with Crippen molar-refractivity contribution in [2.45, 2.75) is 17.9 Å². The third-order valence-corrected chi connectivity index (χ3v) is 3.46. The third-order valence-electron chi connectivity index (χ3n) is 2.07. The van der Waals surface area contributed by atoms with E-state index < -0.39 is 25.9 Å². The highest BCUT2D eigenvalue weighted by Crippen LogP contribution is 2.29. The van der Waals surface area contributed by atoms with Crippen molar-refractivity contribution in [3.63, 3.8) is 0 Å². The summed E-state index contributed by atoms with van der Waals surface area (Å²) in [4.78, 5) is -0.545. The van der Waals surface area contributed by atoms with E-state index in [1.807, 2.05) is 0 Å². The van der Waals surface area contributed by atoms with Gasteiger partial charge in [0.05, 0.1) is 16.5 Å². The zero-order valence-corrected chi connectivity index (χ0v) is 9.89. The molecule has 0 aliphatic rings. The quantitative estimate of drug-likeness (QED) is 0.857. The molecule has 0 radical (unpaired) electrons. The number of halogens is 3. The molecule has 0 fully saturated rings. The van der Waals surface area contributed by atoms with Gasteiger partial charge in [0, 0.05) is 28.4 Å². The van der Waals surface area contributed by atoms with Crippen molar-refractivity contribution >= 4 is 19.7 Å². The minimum absolute atomic E-state index is 0.0631. The maximum absolute atomic E-state index is 12.5. The lowest BCUT2D eigenvalue weighted by Gasteiger charge is -2.09. The second-order valence-corrected chi connectivity index (χ2v) is 5.63. The van der Waals surface area contributed by atoms with Gasteiger partial charge in [0.15, 0.2) is 0 Å². The first-order valence-electron chi connectivity index (χ1n) is 4.31. The topological polar surface area (TPSA) is 84.0 Å². The van der Waals surface area contributed by atoms with Crippen molar-refractivity contribution in [1.82, 2.24) is 0 Å². The van der Waals surface area contributed by atoms with Gasteiger partial charge in [-0.2, -0.15) is 5.26 Å². The average Bonchev–Trinajstić information content (AvgIpc) is 2.25. The van der Waals surface area contributed by atoms with Gasteiger partial charge >= 0.3 is 0 Å². The molecule has 0 bridgehead atoms. The molecule has 0 saturated heterocycles. The zero-order chi connectivity index (χ0) is 13.2. The van der Waals surface area contributed by atoms with Crippen LogP contribution in [0.2, 0.25) is 0 Å². The molecule has 0 aliphatic carbocycles. The second-order valence-electron chi connectivity index (χ2n) is 3.10. The highest BCUT2D eigenvalue weighted by molar-refractivity contribution is 8.13. The van der Waals surface area contributed by atoms with E-state index in [-0.39, 0.29) is 17.7 Å². The highest BCUT2D eigenvalue weighted by atomic mass is 35.7.